The third-order valence-electron chi connectivity index (χ3n) is 9.30. The van der Waals surface area contributed by atoms with Crippen LogP contribution in [0, 0.1) is 11.6 Å². The molecule has 5 heterocycles. The Kier molecular flexibility index (Phi) is 8.31. The van der Waals surface area contributed by atoms with Gasteiger partial charge in [-0.25, -0.2) is 31.3 Å². The number of aryl methyl sites for hydroxylation is 1. The number of carbonyl (C=O) groups excluding carboxylic acids is 1. The summed E-state index contributed by atoms with van der Waals surface area (Å²) in [4.78, 5) is 21.2. The highest BCUT2D eigenvalue weighted by atomic mass is 19.3. The Labute approximate surface area is 256 Å². The molecule has 3 aromatic rings. The zero-order chi connectivity index (χ0) is 32.1. The summed E-state index contributed by atoms with van der Waals surface area (Å²) in [7, 11) is 0. The number of halogens is 6. The van der Waals surface area contributed by atoms with Crippen LogP contribution in [0.4, 0.5) is 32.2 Å². The van der Waals surface area contributed by atoms with Crippen molar-refractivity contribution >= 4 is 11.7 Å². The molecule has 1 aromatic carbocycles. The van der Waals surface area contributed by atoms with Crippen molar-refractivity contribution in [3.8, 4) is 0 Å². The van der Waals surface area contributed by atoms with E-state index in [0.29, 0.717) is 29.9 Å². The first kappa shape index (κ1) is 31.3. The molecule has 2 N–H and O–H groups in total. The minimum Gasteiger partial charge on any atom is -0.325 e. The minimum atomic E-state index is -3.07. The number of nitrogens with one attached hydrogen (secondary N) is 1. The molecule has 3 aliphatic heterocycles. The Morgan fingerprint density at radius 3 is 2.49 bits per heavy atom. The Balaban J connectivity index is 1.13. The van der Waals surface area contributed by atoms with E-state index in [9.17, 15) is 27.6 Å². The zero-order valence-corrected chi connectivity index (χ0v) is 24.7. The molecule has 0 aliphatic carbocycles. The van der Waals surface area contributed by atoms with E-state index < -0.39 is 47.8 Å². The molecule has 0 radical (unpaired) electrons. The van der Waals surface area contributed by atoms with E-state index in [4.69, 9.17) is 0 Å². The number of nitrogens with zero attached hydrogens (tertiary/aromatic N) is 5. The van der Waals surface area contributed by atoms with Crippen molar-refractivity contribution in [2.24, 2.45) is 0 Å². The minimum absolute atomic E-state index is 0.0212. The van der Waals surface area contributed by atoms with Crippen LogP contribution in [0.5, 0.6) is 0 Å². The van der Waals surface area contributed by atoms with Gasteiger partial charge >= 0.3 is 0 Å². The highest BCUT2D eigenvalue weighted by Gasteiger charge is 2.47. The average molecular weight is 638 g/mol. The van der Waals surface area contributed by atoms with Gasteiger partial charge in [-0.3, -0.25) is 19.8 Å². The molecule has 8 nitrogen and oxygen atoms in total. The van der Waals surface area contributed by atoms with Crippen LogP contribution in [0.25, 0.3) is 0 Å². The molecule has 242 valence electrons. The Bertz CT molecular complexity index is 1550. The fourth-order valence-corrected chi connectivity index (χ4v) is 6.63. The number of anilines is 1. The molecule has 0 saturated carbocycles. The predicted molar refractivity (Wildman–Crippen MR) is 150 cm³/mol. The van der Waals surface area contributed by atoms with Gasteiger partial charge in [0.1, 0.15) is 17.5 Å². The van der Waals surface area contributed by atoms with E-state index in [1.165, 1.54) is 30.5 Å². The molecule has 0 bridgehead atoms. The number of alkyl halides is 4. The van der Waals surface area contributed by atoms with Gasteiger partial charge in [0.05, 0.1) is 24.5 Å². The van der Waals surface area contributed by atoms with E-state index in [-0.39, 0.29) is 63.0 Å². The molecular weight excluding hydrogens is 602 g/mol. The first-order valence-corrected chi connectivity index (χ1v) is 15.1. The maximum atomic E-state index is 15.3. The number of hydrogen-bond donors (Lipinski definition) is 2. The molecule has 2 aromatic heterocycles. The molecule has 6 rings (SSSR count). The number of imidazole rings is 1. The van der Waals surface area contributed by atoms with Crippen molar-refractivity contribution in [2.75, 3.05) is 31.5 Å². The fourth-order valence-electron chi connectivity index (χ4n) is 6.63. The summed E-state index contributed by atoms with van der Waals surface area (Å²) >= 11 is 0. The standard InChI is InChI=1S/C31H34F6N6O2/c1-19(29(44)39-27-18-42-26(2-3-28(42)38-27)21-12-22(32)15-23(33)13-21)41-11-7-31(36,37)25(17-41)20-4-8-43(45)24(14-20)16-40-9-5-30(34,35)6-10-40/h4,8,12-15,18-19,25-26H,2-3,5-7,9-11,16-17H2,1H3,(H-,39,44,45)/p+1/t19-,25+,26+/m0/s1. The van der Waals surface area contributed by atoms with Gasteiger partial charge in [0.2, 0.25) is 17.8 Å². The second-order valence-corrected chi connectivity index (χ2v) is 12.4. The smallest absolute Gasteiger partial charge is 0.257 e. The van der Waals surface area contributed by atoms with Gasteiger partial charge in [-0.2, -0.15) is 0 Å². The molecule has 0 unspecified atom stereocenters. The second-order valence-electron chi connectivity index (χ2n) is 12.4. The largest absolute Gasteiger partial charge is 0.325 e. The number of amides is 1. The first-order valence-electron chi connectivity index (χ1n) is 15.1. The number of hydrogen-bond acceptors (Lipinski definition) is 5. The van der Waals surface area contributed by atoms with Gasteiger partial charge in [0.25, 0.3) is 11.8 Å². The van der Waals surface area contributed by atoms with Crippen molar-refractivity contribution < 1.29 is 41.1 Å². The van der Waals surface area contributed by atoms with E-state index >= 15 is 8.78 Å². The van der Waals surface area contributed by atoms with Crippen molar-refractivity contribution in [3.05, 3.63) is 77.0 Å². The molecule has 3 aliphatic rings. The number of pyridine rings is 1. The van der Waals surface area contributed by atoms with Crippen LogP contribution in [0.2, 0.25) is 0 Å². The number of benzene rings is 1. The number of likely N-dealkylation sites (tertiary alicyclic amines) is 2. The van der Waals surface area contributed by atoms with Crippen LogP contribution >= 0.6 is 0 Å². The van der Waals surface area contributed by atoms with Gasteiger partial charge in [0.15, 0.2) is 5.82 Å². The topological polar surface area (TPSA) is 77.5 Å². The summed E-state index contributed by atoms with van der Waals surface area (Å²) in [5.74, 6) is -7.94. The normalized spacial score (nSPS) is 23.9. The summed E-state index contributed by atoms with van der Waals surface area (Å²) in [5.41, 5.74) is 1.05. The molecule has 1 amide bonds. The van der Waals surface area contributed by atoms with Crippen molar-refractivity contribution in [2.45, 2.75) is 75.4 Å². The van der Waals surface area contributed by atoms with Crippen molar-refractivity contribution in [1.82, 2.24) is 19.4 Å². The maximum absolute atomic E-state index is 15.3. The molecule has 3 atom stereocenters. The van der Waals surface area contributed by atoms with Crippen LogP contribution < -0.4 is 10.0 Å². The number of carbonyl (C=O) groups is 1. The maximum Gasteiger partial charge on any atom is 0.257 e. The van der Waals surface area contributed by atoms with E-state index in [1.54, 1.807) is 27.5 Å². The van der Waals surface area contributed by atoms with Crippen LogP contribution in [0.15, 0.2) is 42.7 Å². The summed E-state index contributed by atoms with van der Waals surface area (Å²) in [6.07, 6.45) is 2.96. The van der Waals surface area contributed by atoms with Gasteiger partial charge in [-0.1, -0.05) is 0 Å². The number of aromatic nitrogens is 3. The quantitative estimate of drug-likeness (QED) is 0.219. The van der Waals surface area contributed by atoms with Gasteiger partial charge < -0.3 is 9.88 Å². The first-order chi connectivity index (χ1) is 21.3. The molecule has 2 saturated heterocycles. The molecule has 0 spiro atoms. The van der Waals surface area contributed by atoms with Crippen LogP contribution in [-0.2, 0) is 17.8 Å². The van der Waals surface area contributed by atoms with E-state index in [2.05, 4.69) is 10.3 Å². The monoisotopic (exact) mass is 637 g/mol. The van der Waals surface area contributed by atoms with Crippen molar-refractivity contribution in [3.63, 3.8) is 0 Å². The Morgan fingerprint density at radius 2 is 1.78 bits per heavy atom. The van der Waals surface area contributed by atoms with Crippen LogP contribution in [0.1, 0.15) is 67.2 Å². The SMILES string of the molecule is C[C@@H](C(=O)Nc1cn2c(n1)CC[C@@H]2c1cc(F)cc(F)c1)N1CCC(F)(F)[C@@H](c2cc[n+](O)c(CN3CCC(F)(F)CC3)c2)C1. The molecular formula is C31H35F6N6O2+. The Hall–Kier alpha value is -3.65. The van der Waals surface area contributed by atoms with Gasteiger partial charge in [0, 0.05) is 81.0 Å². The number of rotatable bonds is 7. The number of piperidine rings is 2. The van der Waals surface area contributed by atoms with E-state index in [0.717, 1.165) is 10.8 Å². The van der Waals surface area contributed by atoms with Crippen LogP contribution in [-0.4, -0.2) is 74.5 Å². The van der Waals surface area contributed by atoms with E-state index in [1.807, 2.05) is 0 Å². The molecule has 2 fully saturated rings. The summed E-state index contributed by atoms with van der Waals surface area (Å²) in [5, 5.41) is 13.1. The average Bonchev–Trinajstić information content (AvgIpc) is 3.55. The third kappa shape index (κ3) is 6.67. The lowest BCUT2D eigenvalue weighted by atomic mass is 9.86. The molecule has 14 heteroatoms. The highest BCUT2D eigenvalue weighted by molar-refractivity contribution is 5.93. The summed E-state index contributed by atoms with van der Waals surface area (Å²) in [6, 6.07) is 5.13. The summed E-state index contributed by atoms with van der Waals surface area (Å²) < 4.78 is 88.0. The zero-order valence-electron chi connectivity index (χ0n) is 24.7. The van der Waals surface area contributed by atoms with Crippen molar-refractivity contribution in [1.29, 1.82) is 0 Å². The number of fused-ring (bicyclic) bond motifs is 1. The third-order valence-corrected chi connectivity index (χ3v) is 9.30. The lowest BCUT2D eigenvalue weighted by molar-refractivity contribution is -0.910. The highest BCUT2D eigenvalue weighted by Crippen LogP contribution is 2.41. The lowest BCUT2D eigenvalue weighted by Gasteiger charge is -2.40. The second kappa shape index (κ2) is 11.9. The predicted octanol–water partition coefficient (Wildman–Crippen LogP) is 4.90. The molecule has 45 heavy (non-hydrogen) atoms. The fraction of sp³-hybridized carbons (Fsp3) is 0.516. The van der Waals surface area contributed by atoms with Gasteiger partial charge in [-0.05, 0) is 36.6 Å². The van der Waals surface area contributed by atoms with Gasteiger partial charge in [-0.15, -0.1) is 0 Å². The lowest BCUT2D eigenvalue weighted by Crippen LogP contribution is -2.52. The Morgan fingerprint density at radius 1 is 1.07 bits per heavy atom. The summed E-state index contributed by atoms with van der Waals surface area (Å²) in [6.45, 7) is 1.86. The van der Waals surface area contributed by atoms with Crippen LogP contribution in [0.3, 0.4) is 0 Å².